The molecule has 7 nitrogen and oxygen atoms in total. The molecule has 1 N–H and O–H groups in total. The average molecular weight is 441 g/mol. The quantitative estimate of drug-likeness (QED) is 0.475. The van der Waals surface area contributed by atoms with Crippen LogP contribution in [0.25, 0.3) is 6.08 Å². The van der Waals surface area contributed by atoms with Gasteiger partial charge in [0, 0.05) is 6.08 Å². The predicted octanol–water partition coefficient (Wildman–Crippen LogP) is 4.30. The van der Waals surface area contributed by atoms with E-state index in [1.54, 1.807) is 36.3 Å². The lowest BCUT2D eigenvalue weighted by molar-refractivity contribution is -0.117. The number of nitrogens with zero attached hydrogens (tertiary/aromatic N) is 3. The van der Waals surface area contributed by atoms with Gasteiger partial charge in [-0.05, 0) is 35.8 Å². The minimum absolute atomic E-state index is 0.240. The van der Waals surface area contributed by atoms with Crippen LogP contribution in [0.1, 0.15) is 30.5 Å². The van der Waals surface area contributed by atoms with Gasteiger partial charge in [0.15, 0.2) is 11.5 Å². The maximum absolute atomic E-state index is 12.6. The molecule has 0 aliphatic rings. The Balaban J connectivity index is 1.73. The summed E-state index contributed by atoms with van der Waals surface area (Å²) in [6.07, 6.45) is 7.10. The fourth-order valence-corrected chi connectivity index (χ4v) is 3.28. The number of carbonyl (C=O) groups is 1. The van der Waals surface area contributed by atoms with Crippen molar-refractivity contribution in [3.8, 4) is 11.5 Å². The maximum atomic E-state index is 12.6. The molecule has 1 heterocycles. The lowest BCUT2D eigenvalue weighted by Gasteiger charge is -2.18. The molecule has 0 aliphatic heterocycles. The Hall–Kier alpha value is -3.32. The zero-order chi connectivity index (χ0) is 22.1. The Labute approximate surface area is 186 Å². The van der Waals surface area contributed by atoms with Crippen LogP contribution in [0.4, 0.5) is 0 Å². The van der Waals surface area contributed by atoms with Gasteiger partial charge in [-0.1, -0.05) is 48.9 Å². The number of ether oxygens (including phenoxy) is 2. The highest BCUT2D eigenvalue weighted by Crippen LogP contribution is 2.36. The smallest absolute Gasteiger partial charge is 0.244 e. The number of amides is 1. The molecule has 0 aliphatic carbocycles. The molecule has 8 heteroatoms. The molecule has 0 radical (unpaired) electrons. The molecule has 2 aromatic carbocycles. The third-order valence-electron chi connectivity index (χ3n) is 4.48. The second-order valence-corrected chi connectivity index (χ2v) is 7.21. The van der Waals surface area contributed by atoms with Crippen LogP contribution in [0.2, 0.25) is 5.02 Å². The van der Waals surface area contributed by atoms with Crippen molar-refractivity contribution in [2.45, 2.75) is 25.9 Å². The average Bonchev–Trinajstić information content (AvgIpc) is 3.30. The lowest BCUT2D eigenvalue weighted by Crippen LogP contribution is -2.30. The summed E-state index contributed by atoms with van der Waals surface area (Å²) in [6.45, 7) is 3.02. The van der Waals surface area contributed by atoms with Gasteiger partial charge in [0.2, 0.25) is 5.91 Å². The molecule has 3 aromatic rings. The Morgan fingerprint density at radius 2 is 2.10 bits per heavy atom. The zero-order valence-electron chi connectivity index (χ0n) is 17.5. The molecule has 1 atom stereocenters. The number of carbonyl (C=O) groups excluding carboxylic acids is 1. The Bertz CT molecular complexity index is 1010. The van der Waals surface area contributed by atoms with Crippen molar-refractivity contribution >= 4 is 23.6 Å². The van der Waals surface area contributed by atoms with Crippen LogP contribution in [0.5, 0.6) is 11.5 Å². The Morgan fingerprint density at radius 3 is 2.77 bits per heavy atom. The van der Waals surface area contributed by atoms with Crippen molar-refractivity contribution < 1.29 is 14.3 Å². The summed E-state index contributed by atoms with van der Waals surface area (Å²) in [5.74, 6) is 0.786. The maximum Gasteiger partial charge on any atom is 0.244 e. The molecule has 1 unspecified atom stereocenters. The van der Waals surface area contributed by atoms with E-state index in [-0.39, 0.29) is 11.9 Å². The minimum atomic E-state index is -0.261. The van der Waals surface area contributed by atoms with E-state index in [0.717, 1.165) is 17.5 Å². The highest BCUT2D eigenvalue weighted by Gasteiger charge is 2.15. The Morgan fingerprint density at radius 1 is 1.29 bits per heavy atom. The largest absolute Gasteiger partial charge is 0.493 e. The van der Waals surface area contributed by atoms with E-state index in [4.69, 9.17) is 21.1 Å². The van der Waals surface area contributed by atoms with Gasteiger partial charge in [-0.3, -0.25) is 9.48 Å². The molecule has 0 fully saturated rings. The fraction of sp³-hybridized carbons (Fsp3) is 0.261. The number of aromatic nitrogens is 3. The molecule has 0 saturated heterocycles. The monoisotopic (exact) mass is 440 g/mol. The topological polar surface area (TPSA) is 78.3 Å². The first-order chi connectivity index (χ1) is 15.1. The number of halogens is 1. The number of nitrogens with one attached hydrogen (secondary N) is 1. The van der Waals surface area contributed by atoms with Crippen LogP contribution in [-0.2, 0) is 11.3 Å². The number of benzene rings is 2. The predicted molar refractivity (Wildman–Crippen MR) is 120 cm³/mol. The summed E-state index contributed by atoms with van der Waals surface area (Å²) in [7, 11) is 1.55. The number of rotatable bonds is 10. The first kappa shape index (κ1) is 22.4. The van der Waals surface area contributed by atoms with Gasteiger partial charge in [0.1, 0.15) is 12.7 Å². The molecule has 3 rings (SSSR count). The van der Waals surface area contributed by atoms with Crippen LogP contribution in [0.3, 0.4) is 0 Å². The summed E-state index contributed by atoms with van der Waals surface area (Å²) >= 11 is 6.35. The van der Waals surface area contributed by atoms with Gasteiger partial charge >= 0.3 is 0 Å². The van der Waals surface area contributed by atoms with Crippen LogP contribution in [0.15, 0.2) is 61.2 Å². The van der Waals surface area contributed by atoms with Gasteiger partial charge in [0.25, 0.3) is 0 Å². The van der Waals surface area contributed by atoms with Crippen molar-refractivity contribution in [1.29, 1.82) is 0 Å². The van der Waals surface area contributed by atoms with Gasteiger partial charge in [0.05, 0.1) is 31.3 Å². The molecule has 31 heavy (non-hydrogen) atoms. The van der Waals surface area contributed by atoms with Crippen molar-refractivity contribution in [3.05, 3.63) is 77.3 Å². The first-order valence-corrected chi connectivity index (χ1v) is 10.3. The van der Waals surface area contributed by atoms with Crippen molar-refractivity contribution in [2.24, 2.45) is 0 Å². The third kappa shape index (κ3) is 6.33. The standard InChI is InChI=1S/C23H25ClN4O3/c1-3-11-31-23-19(24)12-17(13-21(23)30-2)9-10-22(29)27-20(14-28-16-25-15-26-28)18-7-5-4-6-8-18/h4-10,12-13,15-16,20H,3,11,14H2,1-2H3,(H,27,29)/b10-9+. The summed E-state index contributed by atoms with van der Waals surface area (Å²) in [5, 5.41) is 7.59. The number of hydrogen-bond donors (Lipinski definition) is 1. The van der Waals surface area contributed by atoms with Crippen LogP contribution < -0.4 is 14.8 Å². The fourth-order valence-electron chi connectivity index (χ4n) is 3.01. The Kier molecular flexibility index (Phi) is 8.06. The van der Waals surface area contributed by atoms with Crippen molar-refractivity contribution in [2.75, 3.05) is 13.7 Å². The first-order valence-electron chi connectivity index (χ1n) is 9.97. The summed E-state index contributed by atoms with van der Waals surface area (Å²) < 4.78 is 12.7. The van der Waals surface area contributed by atoms with Crippen molar-refractivity contribution in [1.82, 2.24) is 20.1 Å². The molecule has 0 bridgehead atoms. The number of hydrogen-bond acceptors (Lipinski definition) is 5. The molecule has 162 valence electrons. The lowest BCUT2D eigenvalue weighted by atomic mass is 10.1. The van der Waals surface area contributed by atoms with E-state index in [1.807, 2.05) is 37.3 Å². The summed E-state index contributed by atoms with van der Waals surface area (Å²) in [4.78, 5) is 16.6. The molecular weight excluding hydrogens is 416 g/mol. The summed E-state index contributed by atoms with van der Waals surface area (Å²) in [5.41, 5.74) is 1.70. The van der Waals surface area contributed by atoms with E-state index < -0.39 is 0 Å². The molecular formula is C23H25ClN4O3. The van der Waals surface area contributed by atoms with Crippen LogP contribution >= 0.6 is 11.6 Å². The molecule has 1 amide bonds. The molecule has 0 saturated carbocycles. The normalized spacial score (nSPS) is 12.0. The van der Waals surface area contributed by atoms with Crippen molar-refractivity contribution in [3.63, 3.8) is 0 Å². The molecule has 0 spiro atoms. The van der Waals surface area contributed by atoms with Crippen LogP contribution in [0, 0.1) is 0 Å². The number of methoxy groups -OCH3 is 1. The second-order valence-electron chi connectivity index (χ2n) is 6.81. The highest BCUT2D eigenvalue weighted by molar-refractivity contribution is 6.32. The second kappa shape index (κ2) is 11.2. The van der Waals surface area contributed by atoms with E-state index in [9.17, 15) is 4.79 Å². The van der Waals surface area contributed by atoms with Crippen LogP contribution in [-0.4, -0.2) is 34.4 Å². The van der Waals surface area contributed by atoms with Gasteiger partial charge in [-0.2, -0.15) is 5.10 Å². The SMILES string of the molecule is CCCOc1c(Cl)cc(/C=C/C(=O)NC(Cn2cncn2)c2ccccc2)cc1OC. The van der Waals surface area contributed by atoms with E-state index in [1.165, 1.54) is 12.4 Å². The highest BCUT2D eigenvalue weighted by atomic mass is 35.5. The zero-order valence-corrected chi connectivity index (χ0v) is 18.2. The third-order valence-corrected chi connectivity index (χ3v) is 4.76. The van der Waals surface area contributed by atoms with Gasteiger partial charge in [-0.15, -0.1) is 0 Å². The summed E-state index contributed by atoms with van der Waals surface area (Å²) in [6, 6.07) is 13.0. The van der Waals surface area contributed by atoms with E-state index in [0.29, 0.717) is 29.7 Å². The minimum Gasteiger partial charge on any atom is -0.493 e. The molecule has 1 aromatic heterocycles. The van der Waals surface area contributed by atoms with Gasteiger partial charge < -0.3 is 14.8 Å². The van der Waals surface area contributed by atoms with Gasteiger partial charge in [-0.25, -0.2) is 4.98 Å². The van der Waals surface area contributed by atoms with E-state index in [2.05, 4.69) is 15.4 Å². The van der Waals surface area contributed by atoms with E-state index >= 15 is 0 Å².